The molecule has 0 saturated carbocycles. The lowest BCUT2D eigenvalue weighted by atomic mass is 10.1. The number of aryl methyl sites for hydroxylation is 2. The second kappa shape index (κ2) is 6.27. The number of nitrogens with zero attached hydrogens (tertiary/aromatic N) is 5. The van der Waals surface area contributed by atoms with Crippen LogP contribution in [0.25, 0.3) is 5.65 Å². The number of likely N-dealkylation sites (tertiary alicyclic amines) is 1. The minimum atomic E-state index is 0.0497. The molecule has 1 atom stereocenters. The van der Waals surface area contributed by atoms with Crippen LogP contribution < -0.4 is 0 Å². The average molecular weight is 335 g/mol. The van der Waals surface area contributed by atoms with Crippen LogP contribution in [-0.4, -0.2) is 36.7 Å². The van der Waals surface area contributed by atoms with Crippen LogP contribution in [-0.2, 0) is 11.2 Å². The molecular weight excluding hydrogens is 314 g/mol. The van der Waals surface area contributed by atoms with E-state index in [1.165, 1.54) is 0 Å². The van der Waals surface area contributed by atoms with Crippen molar-refractivity contribution >= 4 is 11.6 Å². The first-order valence-corrected chi connectivity index (χ1v) is 8.65. The molecule has 1 unspecified atom stereocenters. The Balaban J connectivity index is 1.60. The molecule has 3 aromatic rings. The van der Waals surface area contributed by atoms with Crippen LogP contribution in [0.15, 0.2) is 36.7 Å². The zero-order valence-electron chi connectivity index (χ0n) is 14.5. The highest BCUT2D eigenvalue weighted by molar-refractivity contribution is 5.79. The molecule has 4 rings (SSSR count). The molecule has 4 heterocycles. The first-order chi connectivity index (χ1) is 12.1. The van der Waals surface area contributed by atoms with E-state index < -0.39 is 0 Å². The third kappa shape index (κ3) is 2.88. The van der Waals surface area contributed by atoms with Crippen molar-refractivity contribution in [3.63, 3.8) is 0 Å². The quantitative estimate of drug-likeness (QED) is 0.738. The van der Waals surface area contributed by atoms with E-state index in [9.17, 15) is 4.79 Å². The van der Waals surface area contributed by atoms with Crippen molar-refractivity contribution in [3.8, 4) is 0 Å². The molecule has 0 aromatic carbocycles. The average Bonchev–Trinajstić information content (AvgIpc) is 3.20. The van der Waals surface area contributed by atoms with Gasteiger partial charge in [-0.2, -0.15) is 0 Å². The van der Waals surface area contributed by atoms with Gasteiger partial charge in [-0.15, -0.1) is 0 Å². The SMILES string of the molecule is Cc1nccc(C2CCCN2C(=O)Cc2c(C)nc3ccccn23)n1. The van der Waals surface area contributed by atoms with Crippen molar-refractivity contribution in [2.45, 2.75) is 39.2 Å². The Morgan fingerprint density at radius 3 is 2.96 bits per heavy atom. The van der Waals surface area contributed by atoms with Crippen LogP contribution in [0.5, 0.6) is 0 Å². The maximum absolute atomic E-state index is 13.0. The number of aromatic nitrogens is 4. The first-order valence-electron chi connectivity index (χ1n) is 8.65. The molecule has 0 bridgehead atoms. The van der Waals surface area contributed by atoms with Crippen molar-refractivity contribution in [2.75, 3.05) is 6.54 Å². The molecule has 6 heteroatoms. The van der Waals surface area contributed by atoms with Gasteiger partial charge in [0.2, 0.25) is 5.91 Å². The molecule has 1 saturated heterocycles. The fourth-order valence-electron chi connectivity index (χ4n) is 3.65. The van der Waals surface area contributed by atoms with E-state index >= 15 is 0 Å². The summed E-state index contributed by atoms with van der Waals surface area (Å²) in [4.78, 5) is 28.2. The third-order valence-corrected chi connectivity index (χ3v) is 4.86. The van der Waals surface area contributed by atoms with Crippen molar-refractivity contribution in [2.24, 2.45) is 0 Å². The minimum absolute atomic E-state index is 0.0497. The summed E-state index contributed by atoms with van der Waals surface area (Å²) in [5.74, 6) is 0.877. The Labute approximate surface area is 146 Å². The summed E-state index contributed by atoms with van der Waals surface area (Å²) in [6.45, 7) is 4.62. The van der Waals surface area contributed by atoms with Crippen LogP contribution in [0.1, 0.15) is 41.8 Å². The number of carbonyl (C=O) groups is 1. The molecule has 1 fully saturated rings. The van der Waals surface area contributed by atoms with Gasteiger partial charge in [0, 0.05) is 18.9 Å². The summed E-state index contributed by atoms with van der Waals surface area (Å²) in [6, 6.07) is 7.85. The van der Waals surface area contributed by atoms with Crippen LogP contribution in [0.3, 0.4) is 0 Å². The topological polar surface area (TPSA) is 63.4 Å². The van der Waals surface area contributed by atoms with Gasteiger partial charge in [-0.3, -0.25) is 4.79 Å². The predicted octanol–water partition coefficient (Wildman–Crippen LogP) is 2.65. The summed E-state index contributed by atoms with van der Waals surface area (Å²) in [7, 11) is 0. The second-order valence-corrected chi connectivity index (χ2v) is 6.52. The molecule has 0 spiro atoms. The van der Waals surface area contributed by atoms with Gasteiger partial charge in [-0.25, -0.2) is 15.0 Å². The molecule has 0 aliphatic carbocycles. The van der Waals surface area contributed by atoms with Gasteiger partial charge in [0.1, 0.15) is 11.5 Å². The summed E-state index contributed by atoms with van der Waals surface area (Å²) < 4.78 is 2.01. The van der Waals surface area contributed by atoms with Crippen LogP contribution in [0.4, 0.5) is 0 Å². The molecular formula is C19H21N5O. The zero-order valence-corrected chi connectivity index (χ0v) is 14.5. The monoisotopic (exact) mass is 335 g/mol. The van der Waals surface area contributed by atoms with Gasteiger partial charge >= 0.3 is 0 Å². The number of fused-ring (bicyclic) bond motifs is 1. The van der Waals surface area contributed by atoms with Gasteiger partial charge in [0.25, 0.3) is 0 Å². The maximum atomic E-state index is 13.0. The van der Waals surface area contributed by atoms with E-state index in [1.54, 1.807) is 6.20 Å². The maximum Gasteiger partial charge on any atom is 0.229 e. The van der Waals surface area contributed by atoms with Crippen LogP contribution in [0.2, 0.25) is 0 Å². The fourth-order valence-corrected chi connectivity index (χ4v) is 3.65. The van der Waals surface area contributed by atoms with Crippen LogP contribution in [0, 0.1) is 13.8 Å². The second-order valence-electron chi connectivity index (χ2n) is 6.52. The van der Waals surface area contributed by atoms with E-state index in [2.05, 4.69) is 15.0 Å². The molecule has 128 valence electrons. The van der Waals surface area contributed by atoms with Crippen molar-refractivity contribution in [1.82, 2.24) is 24.3 Å². The highest BCUT2D eigenvalue weighted by Crippen LogP contribution is 2.31. The lowest BCUT2D eigenvalue weighted by Crippen LogP contribution is -2.32. The summed E-state index contributed by atoms with van der Waals surface area (Å²) in [6.07, 6.45) is 6.05. The largest absolute Gasteiger partial charge is 0.334 e. The minimum Gasteiger partial charge on any atom is -0.334 e. The Kier molecular flexibility index (Phi) is 3.95. The van der Waals surface area contributed by atoms with Gasteiger partial charge in [-0.1, -0.05) is 6.07 Å². The lowest BCUT2D eigenvalue weighted by molar-refractivity contribution is -0.131. The van der Waals surface area contributed by atoms with Gasteiger partial charge in [-0.05, 0) is 44.9 Å². The van der Waals surface area contributed by atoms with Gasteiger partial charge in [0.15, 0.2) is 0 Å². The molecule has 25 heavy (non-hydrogen) atoms. The Morgan fingerprint density at radius 1 is 1.24 bits per heavy atom. The molecule has 1 aliphatic heterocycles. The zero-order chi connectivity index (χ0) is 17.4. The van der Waals surface area contributed by atoms with Gasteiger partial charge in [0.05, 0.1) is 29.5 Å². The smallest absolute Gasteiger partial charge is 0.229 e. The molecule has 0 radical (unpaired) electrons. The molecule has 0 N–H and O–H groups in total. The van der Waals surface area contributed by atoms with E-state index in [4.69, 9.17) is 0 Å². The Morgan fingerprint density at radius 2 is 2.12 bits per heavy atom. The van der Waals surface area contributed by atoms with E-state index in [1.807, 2.05) is 53.6 Å². The van der Waals surface area contributed by atoms with Gasteiger partial charge < -0.3 is 9.30 Å². The van der Waals surface area contributed by atoms with Crippen molar-refractivity contribution in [1.29, 1.82) is 0 Å². The number of carbonyl (C=O) groups excluding carboxylic acids is 1. The Hall–Kier alpha value is -2.76. The first kappa shape index (κ1) is 15.7. The highest BCUT2D eigenvalue weighted by Gasteiger charge is 2.31. The summed E-state index contributed by atoms with van der Waals surface area (Å²) in [5.41, 5.74) is 3.69. The Bertz CT molecular complexity index is 932. The number of pyridine rings is 1. The number of rotatable bonds is 3. The molecule has 6 nitrogen and oxygen atoms in total. The van der Waals surface area contributed by atoms with Crippen LogP contribution >= 0.6 is 0 Å². The molecule has 1 amide bonds. The number of hydrogen-bond donors (Lipinski definition) is 0. The standard InChI is InChI=1S/C19H21N5O/c1-13-17(23-10-4-3-7-18(23)21-13)12-19(25)24-11-5-6-16(24)15-8-9-20-14(2)22-15/h3-4,7-10,16H,5-6,11-12H2,1-2H3. The highest BCUT2D eigenvalue weighted by atomic mass is 16.2. The lowest BCUT2D eigenvalue weighted by Gasteiger charge is -2.24. The summed E-state index contributed by atoms with van der Waals surface area (Å²) >= 11 is 0. The third-order valence-electron chi connectivity index (χ3n) is 4.86. The van der Waals surface area contributed by atoms with Crippen molar-refractivity contribution < 1.29 is 4.79 Å². The number of hydrogen-bond acceptors (Lipinski definition) is 4. The number of amides is 1. The predicted molar refractivity (Wildman–Crippen MR) is 94.1 cm³/mol. The summed E-state index contributed by atoms with van der Waals surface area (Å²) in [5, 5.41) is 0. The number of imidazole rings is 1. The van der Waals surface area contributed by atoms with E-state index in [0.717, 1.165) is 47.9 Å². The van der Waals surface area contributed by atoms with E-state index in [-0.39, 0.29) is 11.9 Å². The fraction of sp³-hybridized carbons (Fsp3) is 0.368. The molecule has 3 aromatic heterocycles. The normalized spacial score (nSPS) is 17.4. The molecule has 1 aliphatic rings. The van der Waals surface area contributed by atoms with E-state index in [0.29, 0.717) is 6.42 Å². The van der Waals surface area contributed by atoms with Crippen molar-refractivity contribution in [3.05, 3.63) is 59.6 Å².